The van der Waals surface area contributed by atoms with Gasteiger partial charge in [-0.15, -0.1) is 0 Å². The summed E-state index contributed by atoms with van der Waals surface area (Å²) in [6.45, 7) is 0.691. The van der Waals surface area contributed by atoms with E-state index in [0.29, 0.717) is 11.6 Å². The molecule has 0 aliphatic carbocycles. The predicted octanol–water partition coefficient (Wildman–Crippen LogP) is 2.28. The van der Waals surface area contributed by atoms with Crippen LogP contribution in [0.2, 0.25) is 5.02 Å². The Hall–Kier alpha value is -1.48. The number of hydrogen-bond acceptors (Lipinski definition) is 2. The van der Waals surface area contributed by atoms with Gasteiger partial charge in [-0.25, -0.2) is 0 Å². The zero-order valence-electron chi connectivity index (χ0n) is 7.52. The van der Waals surface area contributed by atoms with Crippen molar-refractivity contribution in [3.8, 4) is 0 Å². The van der Waals surface area contributed by atoms with E-state index in [1.54, 1.807) is 12.4 Å². The molecule has 0 aliphatic heterocycles. The van der Waals surface area contributed by atoms with Gasteiger partial charge >= 0.3 is 0 Å². The topological polar surface area (TPSA) is 29.9 Å². The highest BCUT2D eigenvalue weighted by Gasteiger charge is 1.97. The molecule has 2 aromatic heterocycles. The first-order chi connectivity index (χ1) is 6.86. The van der Waals surface area contributed by atoms with Gasteiger partial charge in [-0.1, -0.05) is 11.6 Å². The van der Waals surface area contributed by atoms with Crippen molar-refractivity contribution in [2.45, 2.75) is 6.54 Å². The zero-order chi connectivity index (χ0) is 9.80. The van der Waals surface area contributed by atoms with Gasteiger partial charge in [0.2, 0.25) is 0 Å². The monoisotopic (exact) mass is 207 g/mol. The Kier molecular flexibility index (Phi) is 2.70. The third-order valence-corrected chi connectivity index (χ3v) is 2.25. The van der Waals surface area contributed by atoms with Crippen LogP contribution in [-0.4, -0.2) is 9.66 Å². The van der Waals surface area contributed by atoms with Crippen LogP contribution in [0.4, 0.5) is 0 Å². The number of halogens is 1. The average Bonchev–Trinajstić information content (AvgIpc) is 2.69. The molecule has 0 amide bonds. The van der Waals surface area contributed by atoms with Gasteiger partial charge in [-0.3, -0.25) is 9.66 Å². The van der Waals surface area contributed by atoms with E-state index in [0.717, 1.165) is 5.56 Å². The second-order valence-corrected chi connectivity index (χ2v) is 3.30. The molecule has 4 heteroatoms. The highest BCUT2D eigenvalue weighted by molar-refractivity contribution is 6.31. The van der Waals surface area contributed by atoms with E-state index in [1.165, 1.54) is 0 Å². The summed E-state index contributed by atoms with van der Waals surface area (Å²) in [6.07, 6.45) is 7.26. The number of rotatable bonds is 3. The molecule has 0 aromatic carbocycles. The fourth-order valence-corrected chi connectivity index (χ4v) is 1.35. The van der Waals surface area contributed by atoms with Crippen molar-refractivity contribution in [3.05, 3.63) is 53.6 Å². The lowest BCUT2D eigenvalue weighted by Gasteiger charge is -2.08. The Morgan fingerprint density at radius 1 is 1.36 bits per heavy atom. The molecule has 1 N–H and O–H groups in total. The fraction of sp³-hybridized carbons (Fsp3) is 0.100. The maximum absolute atomic E-state index is 5.95. The SMILES string of the molecule is Clc1cnccc1CNn1cccc1. The predicted molar refractivity (Wildman–Crippen MR) is 56.7 cm³/mol. The van der Waals surface area contributed by atoms with E-state index in [-0.39, 0.29) is 0 Å². The van der Waals surface area contributed by atoms with Crippen molar-refractivity contribution in [2.75, 3.05) is 5.43 Å². The maximum Gasteiger partial charge on any atom is 0.0639 e. The van der Waals surface area contributed by atoms with Crippen LogP contribution in [0.3, 0.4) is 0 Å². The molecular formula is C10H10ClN3. The lowest BCUT2D eigenvalue weighted by Crippen LogP contribution is -2.12. The van der Waals surface area contributed by atoms with E-state index in [4.69, 9.17) is 11.6 Å². The lowest BCUT2D eigenvalue weighted by atomic mass is 10.3. The Bertz CT molecular complexity index is 398. The summed E-state index contributed by atoms with van der Waals surface area (Å²) in [5.41, 5.74) is 4.22. The largest absolute Gasteiger partial charge is 0.322 e. The number of hydrogen-bond donors (Lipinski definition) is 1. The maximum atomic E-state index is 5.95. The van der Waals surface area contributed by atoms with Crippen LogP contribution in [0.5, 0.6) is 0 Å². The first kappa shape index (κ1) is 9.09. The molecular weight excluding hydrogens is 198 g/mol. The van der Waals surface area contributed by atoms with E-state index in [2.05, 4.69) is 10.4 Å². The summed E-state index contributed by atoms with van der Waals surface area (Å²) >= 11 is 5.95. The van der Waals surface area contributed by atoms with Crippen LogP contribution in [0, 0.1) is 0 Å². The smallest absolute Gasteiger partial charge is 0.0639 e. The van der Waals surface area contributed by atoms with Crippen molar-refractivity contribution >= 4 is 11.6 Å². The minimum atomic E-state index is 0.687. The van der Waals surface area contributed by atoms with Crippen molar-refractivity contribution in [1.82, 2.24) is 9.66 Å². The Labute approximate surface area is 87.3 Å². The van der Waals surface area contributed by atoms with Gasteiger partial charge < -0.3 is 5.43 Å². The molecule has 0 aliphatic rings. The Morgan fingerprint density at radius 2 is 2.14 bits per heavy atom. The number of pyridine rings is 1. The van der Waals surface area contributed by atoms with E-state index >= 15 is 0 Å². The fourth-order valence-electron chi connectivity index (χ4n) is 1.16. The van der Waals surface area contributed by atoms with E-state index in [9.17, 15) is 0 Å². The van der Waals surface area contributed by atoms with Crippen LogP contribution >= 0.6 is 11.6 Å². The van der Waals surface area contributed by atoms with Crippen molar-refractivity contribution in [3.63, 3.8) is 0 Å². The van der Waals surface area contributed by atoms with Gasteiger partial charge in [0.15, 0.2) is 0 Å². The Morgan fingerprint density at radius 3 is 2.86 bits per heavy atom. The molecule has 2 rings (SSSR count). The minimum absolute atomic E-state index is 0.687. The minimum Gasteiger partial charge on any atom is -0.322 e. The summed E-state index contributed by atoms with van der Waals surface area (Å²) in [5.74, 6) is 0. The molecule has 0 atom stereocenters. The summed E-state index contributed by atoms with van der Waals surface area (Å²) in [4.78, 5) is 3.92. The molecule has 0 spiro atoms. The number of nitrogens with one attached hydrogen (secondary N) is 1. The second kappa shape index (κ2) is 4.15. The van der Waals surface area contributed by atoms with Crippen molar-refractivity contribution < 1.29 is 0 Å². The first-order valence-electron chi connectivity index (χ1n) is 4.31. The van der Waals surface area contributed by atoms with E-state index in [1.807, 2.05) is 35.3 Å². The molecule has 14 heavy (non-hydrogen) atoms. The van der Waals surface area contributed by atoms with Crippen LogP contribution < -0.4 is 5.43 Å². The molecule has 0 bridgehead atoms. The highest BCUT2D eigenvalue weighted by Crippen LogP contribution is 2.12. The molecule has 0 saturated carbocycles. The van der Waals surface area contributed by atoms with Crippen LogP contribution in [-0.2, 0) is 6.54 Å². The van der Waals surface area contributed by atoms with Crippen molar-refractivity contribution in [2.24, 2.45) is 0 Å². The third kappa shape index (κ3) is 2.06. The molecule has 3 nitrogen and oxygen atoms in total. The molecule has 0 fully saturated rings. The van der Waals surface area contributed by atoms with Crippen LogP contribution in [0.1, 0.15) is 5.56 Å². The molecule has 0 radical (unpaired) electrons. The summed E-state index contributed by atoms with van der Waals surface area (Å²) in [6, 6.07) is 5.82. The second-order valence-electron chi connectivity index (χ2n) is 2.89. The van der Waals surface area contributed by atoms with E-state index < -0.39 is 0 Å². The first-order valence-corrected chi connectivity index (χ1v) is 4.69. The van der Waals surface area contributed by atoms with Crippen LogP contribution in [0.25, 0.3) is 0 Å². The van der Waals surface area contributed by atoms with Crippen LogP contribution in [0.15, 0.2) is 43.0 Å². The number of nitrogens with zero attached hydrogens (tertiary/aromatic N) is 2. The molecule has 0 unspecified atom stereocenters. The normalized spacial score (nSPS) is 10.1. The average molecular weight is 208 g/mol. The lowest BCUT2D eigenvalue weighted by molar-refractivity contribution is 0.846. The van der Waals surface area contributed by atoms with Gasteiger partial charge in [-0.2, -0.15) is 0 Å². The molecule has 72 valence electrons. The summed E-state index contributed by atoms with van der Waals surface area (Å²) in [7, 11) is 0. The Balaban J connectivity index is 2.02. The molecule has 0 saturated heterocycles. The highest BCUT2D eigenvalue weighted by atomic mass is 35.5. The van der Waals surface area contributed by atoms with Gasteiger partial charge in [0.25, 0.3) is 0 Å². The molecule has 2 heterocycles. The summed E-state index contributed by atoms with van der Waals surface area (Å²) < 4.78 is 1.89. The quantitative estimate of drug-likeness (QED) is 0.837. The summed E-state index contributed by atoms with van der Waals surface area (Å²) in [5, 5.41) is 0.687. The number of aromatic nitrogens is 2. The third-order valence-electron chi connectivity index (χ3n) is 1.91. The van der Waals surface area contributed by atoms with Gasteiger partial charge in [-0.05, 0) is 23.8 Å². The standard InChI is InChI=1S/C10H10ClN3/c11-10-8-12-4-3-9(10)7-13-14-5-1-2-6-14/h1-6,8,13H,7H2. The van der Waals surface area contributed by atoms with Gasteiger partial charge in [0.05, 0.1) is 11.6 Å². The zero-order valence-corrected chi connectivity index (χ0v) is 8.28. The van der Waals surface area contributed by atoms with Gasteiger partial charge in [0, 0.05) is 24.8 Å². The van der Waals surface area contributed by atoms with Crippen molar-refractivity contribution in [1.29, 1.82) is 0 Å². The molecule has 2 aromatic rings. The van der Waals surface area contributed by atoms with Gasteiger partial charge in [0.1, 0.15) is 0 Å².